The van der Waals surface area contributed by atoms with E-state index in [0.29, 0.717) is 15.9 Å². The molecular weight excluding hydrogens is 450 g/mol. The molecule has 1 aromatic carbocycles. The maximum Gasteiger partial charge on any atom is 0.322 e. The van der Waals surface area contributed by atoms with Gasteiger partial charge in [-0.1, -0.05) is 29.8 Å². The molecule has 0 saturated heterocycles. The number of hydrogen-bond acceptors (Lipinski definition) is 7. The Hall–Kier alpha value is -3.18. The first-order valence-corrected chi connectivity index (χ1v) is 10.7. The second kappa shape index (κ2) is 10.7. The fraction of sp³-hybridized carbons (Fsp3) is 0.263. The molecule has 0 aliphatic carbocycles. The van der Waals surface area contributed by atoms with E-state index in [1.807, 2.05) is 11.6 Å². The maximum absolute atomic E-state index is 12.9. The third-order valence-corrected chi connectivity index (χ3v) is 5.13. The minimum atomic E-state index is -1.37. The Kier molecular flexibility index (Phi) is 8.34. The van der Waals surface area contributed by atoms with Crippen molar-refractivity contribution in [2.24, 2.45) is 0 Å². The van der Waals surface area contributed by atoms with Crippen molar-refractivity contribution < 1.29 is 29.7 Å². The van der Waals surface area contributed by atoms with Crippen LogP contribution in [0.1, 0.15) is 26.3 Å². The number of carboxylic acid groups (broad SMARTS) is 1. The number of aromatic hydroxyl groups is 2. The standard InChI is InChI=1S/C19H20ClN3O7S/c1-31-7-6-21-16(27)13-15(26)14(17(28)22-8-12(24)25)19(30)23(18(13)29)9-10-4-2-3-5-11(10)20/h2-5,26,30H,6-9H2,1H3,(H,21,27)(H,22,28)(H,24,25). The second-order valence-electron chi connectivity index (χ2n) is 6.23. The molecule has 0 fully saturated rings. The van der Waals surface area contributed by atoms with Gasteiger partial charge in [-0.05, 0) is 17.9 Å². The molecule has 0 aliphatic rings. The van der Waals surface area contributed by atoms with Crippen LogP contribution in [0.25, 0.3) is 0 Å². The highest BCUT2D eigenvalue weighted by Crippen LogP contribution is 2.29. The van der Waals surface area contributed by atoms with Gasteiger partial charge in [0.2, 0.25) is 5.88 Å². The molecule has 0 saturated carbocycles. The van der Waals surface area contributed by atoms with Gasteiger partial charge in [0.25, 0.3) is 17.4 Å². The number of thioether (sulfide) groups is 1. The van der Waals surface area contributed by atoms with E-state index in [2.05, 4.69) is 5.32 Å². The highest BCUT2D eigenvalue weighted by Gasteiger charge is 2.30. The average molecular weight is 470 g/mol. The van der Waals surface area contributed by atoms with E-state index in [4.69, 9.17) is 16.7 Å². The Morgan fingerprint density at radius 3 is 2.35 bits per heavy atom. The predicted octanol–water partition coefficient (Wildman–Crippen LogP) is 0.868. The summed E-state index contributed by atoms with van der Waals surface area (Å²) in [4.78, 5) is 48.7. The zero-order chi connectivity index (χ0) is 23.1. The number of carbonyl (C=O) groups is 3. The summed E-state index contributed by atoms with van der Waals surface area (Å²) in [6.45, 7) is -0.934. The summed E-state index contributed by atoms with van der Waals surface area (Å²) < 4.78 is 0.708. The molecule has 12 heteroatoms. The smallest absolute Gasteiger partial charge is 0.322 e. The van der Waals surface area contributed by atoms with Crippen LogP contribution in [0.4, 0.5) is 0 Å². The lowest BCUT2D eigenvalue weighted by Gasteiger charge is -2.17. The molecule has 1 heterocycles. The van der Waals surface area contributed by atoms with Gasteiger partial charge in [-0.3, -0.25) is 23.7 Å². The van der Waals surface area contributed by atoms with E-state index in [1.54, 1.807) is 24.3 Å². The zero-order valence-electron chi connectivity index (χ0n) is 16.3. The molecule has 0 bridgehead atoms. The molecule has 0 spiro atoms. The Morgan fingerprint density at radius 1 is 1.10 bits per heavy atom. The highest BCUT2D eigenvalue weighted by atomic mass is 35.5. The van der Waals surface area contributed by atoms with Crippen molar-refractivity contribution in [2.45, 2.75) is 6.54 Å². The fourth-order valence-corrected chi connectivity index (χ4v) is 3.16. The number of hydrogen-bond donors (Lipinski definition) is 5. The molecule has 2 rings (SSSR count). The van der Waals surface area contributed by atoms with Crippen LogP contribution in [0.3, 0.4) is 0 Å². The molecule has 0 radical (unpaired) electrons. The number of nitrogens with one attached hydrogen (secondary N) is 2. The first-order chi connectivity index (χ1) is 14.7. The number of pyridine rings is 1. The maximum atomic E-state index is 12.9. The van der Waals surface area contributed by atoms with E-state index in [-0.39, 0.29) is 18.1 Å². The van der Waals surface area contributed by atoms with Crippen molar-refractivity contribution in [3.8, 4) is 11.6 Å². The number of halogens is 1. The molecule has 2 aromatic rings. The summed E-state index contributed by atoms with van der Waals surface area (Å²) in [6.07, 6.45) is 1.81. The van der Waals surface area contributed by atoms with E-state index in [1.165, 1.54) is 11.8 Å². The largest absolute Gasteiger partial charge is 0.506 e. The van der Waals surface area contributed by atoms with Gasteiger partial charge in [-0.15, -0.1) is 0 Å². The van der Waals surface area contributed by atoms with Crippen molar-refractivity contribution in [1.82, 2.24) is 15.2 Å². The number of rotatable bonds is 9. The van der Waals surface area contributed by atoms with Gasteiger partial charge in [0, 0.05) is 17.3 Å². The number of aliphatic carboxylic acids is 1. The van der Waals surface area contributed by atoms with Crippen molar-refractivity contribution >= 4 is 41.1 Å². The summed E-state index contributed by atoms with van der Waals surface area (Å²) in [7, 11) is 0. The molecule has 0 aliphatic heterocycles. The second-order valence-corrected chi connectivity index (χ2v) is 7.62. The van der Waals surface area contributed by atoms with Crippen molar-refractivity contribution in [3.05, 3.63) is 56.3 Å². The summed E-state index contributed by atoms with van der Waals surface area (Å²) >= 11 is 7.55. The van der Waals surface area contributed by atoms with Crippen molar-refractivity contribution in [1.29, 1.82) is 0 Å². The highest BCUT2D eigenvalue weighted by molar-refractivity contribution is 7.98. The van der Waals surface area contributed by atoms with Crippen molar-refractivity contribution in [2.75, 3.05) is 25.1 Å². The van der Waals surface area contributed by atoms with Crippen LogP contribution in [-0.4, -0.2) is 62.8 Å². The van der Waals surface area contributed by atoms with E-state index in [9.17, 15) is 29.4 Å². The summed E-state index contributed by atoms with van der Waals surface area (Å²) in [5, 5.41) is 34.5. The minimum absolute atomic E-state index is 0.185. The number of carboxylic acids is 1. The van der Waals surface area contributed by atoms with Crippen LogP contribution in [0.5, 0.6) is 11.6 Å². The number of amides is 2. The van der Waals surface area contributed by atoms with Gasteiger partial charge in [-0.25, -0.2) is 0 Å². The van der Waals surface area contributed by atoms with Crippen LogP contribution in [0.15, 0.2) is 29.1 Å². The fourth-order valence-electron chi connectivity index (χ4n) is 2.65. The monoisotopic (exact) mass is 469 g/mol. The lowest BCUT2D eigenvalue weighted by atomic mass is 10.1. The third kappa shape index (κ3) is 5.70. The van der Waals surface area contributed by atoms with Crippen LogP contribution in [0.2, 0.25) is 5.02 Å². The molecule has 5 N–H and O–H groups in total. The minimum Gasteiger partial charge on any atom is -0.506 e. The van der Waals surface area contributed by atoms with Crippen LogP contribution in [0, 0.1) is 0 Å². The molecule has 1 aromatic heterocycles. The van der Waals surface area contributed by atoms with E-state index >= 15 is 0 Å². The average Bonchev–Trinajstić information content (AvgIpc) is 2.71. The summed E-state index contributed by atoms with van der Waals surface area (Å²) in [5.74, 6) is -4.95. The number of nitrogens with zero attached hydrogens (tertiary/aromatic N) is 1. The quantitative estimate of drug-likeness (QED) is 0.338. The molecule has 166 valence electrons. The molecule has 10 nitrogen and oxygen atoms in total. The normalized spacial score (nSPS) is 10.5. The number of aromatic nitrogens is 1. The van der Waals surface area contributed by atoms with Crippen LogP contribution >= 0.6 is 23.4 Å². The van der Waals surface area contributed by atoms with Gasteiger partial charge in [0.15, 0.2) is 5.75 Å². The Labute approximate surface area is 185 Å². The molecular formula is C19H20ClN3O7S. The molecule has 0 unspecified atom stereocenters. The molecule has 31 heavy (non-hydrogen) atoms. The first kappa shape index (κ1) is 24.1. The van der Waals surface area contributed by atoms with Gasteiger partial charge in [0.05, 0.1) is 6.54 Å². The van der Waals surface area contributed by atoms with Gasteiger partial charge in [0.1, 0.15) is 17.7 Å². The Morgan fingerprint density at radius 2 is 1.74 bits per heavy atom. The van der Waals surface area contributed by atoms with E-state index < -0.39 is 52.6 Å². The van der Waals surface area contributed by atoms with Gasteiger partial charge >= 0.3 is 5.97 Å². The zero-order valence-corrected chi connectivity index (χ0v) is 17.9. The predicted molar refractivity (Wildman–Crippen MR) is 115 cm³/mol. The molecule has 0 atom stereocenters. The van der Waals surface area contributed by atoms with Gasteiger partial charge in [-0.2, -0.15) is 11.8 Å². The Balaban J connectivity index is 2.63. The lowest BCUT2D eigenvalue weighted by molar-refractivity contribution is -0.135. The SMILES string of the molecule is CSCCNC(=O)c1c(O)c(C(=O)NCC(=O)O)c(O)n(Cc2ccccc2Cl)c1=O. The molecule has 2 amide bonds. The third-order valence-electron chi connectivity index (χ3n) is 4.14. The topological polar surface area (TPSA) is 158 Å². The number of benzene rings is 1. The lowest BCUT2D eigenvalue weighted by Crippen LogP contribution is -2.37. The van der Waals surface area contributed by atoms with E-state index in [0.717, 1.165) is 0 Å². The first-order valence-electron chi connectivity index (χ1n) is 8.88. The van der Waals surface area contributed by atoms with Crippen LogP contribution in [-0.2, 0) is 11.3 Å². The number of carbonyl (C=O) groups excluding carboxylic acids is 2. The summed E-state index contributed by atoms with van der Waals surface area (Å²) in [5.41, 5.74) is -2.21. The van der Waals surface area contributed by atoms with Gasteiger partial charge < -0.3 is 26.0 Å². The van der Waals surface area contributed by atoms with Crippen LogP contribution < -0.4 is 16.2 Å². The Bertz CT molecular complexity index is 1070. The van der Waals surface area contributed by atoms with Crippen molar-refractivity contribution in [3.63, 3.8) is 0 Å². The summed E-state index contributed by atoms with van der Waals surface area (Å²) in [6, 6.07) is 6.42.